The molecular formula is C7H9KN2O3. The maximum absolute atomic E-state index is 10.5. The van der Waals surface area contributed by atoms with E-state index in [0.717, 1.165) is 0 Å². The fourth-order valence-corrected chi connectivity index (χ4v) is 0.901. The van der Waals surface area contributed by atoms with Crippen molar-refractivity contribution in [2.45, 2.75) is 13.8 Å². The number of rotatable bonds is 3. The third kappa shape index (κ3) is 3.06. The average Bonchev–Trinajstić information content (AvgIpc) is 2.32. The summed E-state index contributed by atoms with van der Waals surface area (Å²) in [5.41, 5.74) is -0.00292. The van der Waals surface area contributed by atoms with Crippen molar-refractivity contribution in [3.8, 4) is 0 Å². The molecular weight excluding hydrogens is 199 g/mol. The molecule has 0 spiro atoms. The second-order valence-corrected chi connectivity index (χ2v) is 2.28. The Morgan fingerprint density at radius 2 is 2.31 bits per heavy atom. The van der Waals surface area contributed by atoms with Gasteiger partial charge in [-0.15, -0.1) is 0 Å². The number of hydrogen-bond donors (Lipinski definition) is 1. The van der Waals surface area contributed by atoms with Crippen molar-refractivity contribution in [3.63, 3.8) is 0 Å². The number of aryl methyl sites for hydroxylation is 1. The van der Waals surface area contributed by atoms with Gasteiger partial charge in [0.2, 0.25) is 0 Å². The van der Waals surface area contributed by atoms with Gasteiger partial charge in [-0.3, -0.25) is 0 Å². The molecule has 5 nitrogen and oxygen atoms in total. The SMILES string of the molecule is CCNc1noc(C)c1C(=O)[O-].[K+]. The summed E-state index contributed by atoms with van der Waals surface area (Å²) in [5.74, 6) is -0.786. The number of nitrogens with zero attached hydrogens (tertiary/aromatic N) is 1. The van der Waals surface area contributed by atoms with Crippen LogP contribution >= 0.6 is 0 Å². The summed E-state index contributed by atoms with van der Waals surface area (Å²) in [6.45, 7) is 3.95. The molecule has 0 atom stereocenters. The number of hydrogen-bond acceptors (Lipinski definition) is 5. The minimum absolute atomic E-state index is 0. The van der Waals surface area contributed by atoms with Gasteiger partial charge < -0.3 is 19.7 Å². The zero-order valence-electron chi connectivity index (χ0n) is 7.88. The molecule has 0 saturated carbocycles. The number of carboxylic acid groups (broad SMARTS) is 1. The van der Waals surface area contributed by atoms with Gasteiger partial charge in [-0.2, -0.15) is 0 Å². The second-order valence-electron chi connectivity index (χ2n) is 2.28. The Labute approximate surface area is 118 Å². The Morgan fingerprint density at radius 1 is 1.69 bits per heavy atom. The Hall–Kier alpha value is 0.116. The molecule has 13 heavy (non-hydrogen) atoms. The topological polar surface area (TPSA) is 78.2 Å². The third-order valence-electron chi connectivity index (χ3n) is 1.41. The molecule has 0 bridgehead atoms. The van der Waals surface area contributed by atoms with Gasteiger partial charge in [-0.1, -0.05) is 5.16 Å². The minimum Gasteiger partial charge on any atom is -0.545 e. The van der Waals surface area contributed by atoms with Crippen LogP contribution in [-0.4, -0.2) is 17.7 Å². The van der Waals surface area contributed by atoms with E-state index >= 15 is 0 Å². The van der Waals surface area contributed by atoms with E-state index in [-0.39, 0.29) is 68.5 Å². The first-order valence-electron chi connectivity index (χ1n) is 3.58. The number of aromatic nitrogens is 1. The summed E-state index contributed by atoms with van der Waals surface area (Å²) in [4.78, 5) is 10.5. The van der Waals surface area contributed by atoms with Crippen LogP contribution in [0.2, 0.25) is 0 Å². The first-order valence-corrected chi connectivity index (χ1v) is 3.58. The van der Waals surface area contributed by atoms with Gasteiger partial charge in [0, 0.05) is 6.54 Å². The summed E-state index contributed by atoms with van der Waals surface area (Å²) >= 11 is 0. The van der Waals surface area contributed by atoms with Crippen molar-refractivity contribution in [2.75, 3.05) is 11.9 Å². The zero-order chi connectivity index (χ0) is 9.14. The molecule has 1 rings (SSSR count). The number of anilines is 1. The third-order valence-corrected chi connectivity index (χ3v) is 1.41. The normalized spacial score (nSPS) is 9.08. The predicted octanol–water partition coefficient (Wildman–Crippen LogP) is -3.22. The summed E-state index contributed by atoms with van der Waals surface area (Å²) in [6, 6.07) is 0. The molecule has 0 aliphatic rings. The summed E-state index contributed by atoms with van der Waals surface area (Å²) in [5, 5.41) is 16.8. The van der Waals surface area contributed by atoms with Crippen LogP contribution in [0.4, 0.5) is 5.82 Å². The van der Waals surface area contributed by atoms with Gasteiger partial charge in [0.15, 0.2) is 5.82 Å². The molecule has 66 valence electrons. The van der Waals surface area contributed by atoms with E-state index in [1.165, 1.54) is 6.92 Å². The van der Waals surface area contributed by atoms with Crippen LogP contribution in [0, 0.1) is 6.92 Å². The summed E-state index contributed by atoms with van der Waals surface area (Å²) in [7, 11) is 0. The van der Waals surface area contributed by atoms with Crippen LogP contribution in [0.15, 0.2) is 4.52 Å². The van der Waals surface area contributed by atoms with Crippen LogP contribution in [-0.2, 0) is 0 Å². The van der Waals surface area contributed by atoms with E-state index in [0.29, 0.717) is 6.54 Å². The Morgan fingerprint density at radius 3 is 2.77 bits per heavy atom. The molecule has 1 N–H and O–H groups in total. The molecule has 0 aliphatic heterocycles. The Balaban J connectivity index is 0.00000144. The predicted molar refractivity (Wildman–Crippen MR) is 39.7 cm³/mol. The first-order chi connectivity index (χ1) is 5.66. The maximum atomic E-state index is 10.5. The van der Waals surface area contributed by atoms with E-state index < -0.39 is 5.97 Å². The van der Waals surface area contributed by atoms with Crippen LogP contribution in [0.5, 0.6) is 0 Å². The van der Waals surface area contributed by atoms with Crippen LogP contribution in [0.3, 0.4) is 0 Å². The monoisotopic (exact) mass is 208 g/mol. The quantitative estimate of drug-likeness (QED) is 0.529. The standard InChI is InChI=1S/C7H10N2O3.K/c1-3-8-6-5(7(10)11)4(2)12-9-6;/h3H2,1-2H3,(H,8,9)(H,10,11);/q;+1/p-1. The van der Waals surface area contributed by atoms with Gasteiger partial charge in [-0.25, -0.2) is 0 Å². The molecule has 0 fully saturated rings. The maximum Gasteiger partial charge on any atom is 1.00 e. The molecule has 1 heterocycles. The molecule has 1 aromatic rings. The fraction of sp³-hybridized carbons (Fsp3) is 0.429. The molecule has 0 aromatic carbocycles. The van der Waals surface area contributed by atoms with Gasteiger partial charge in [0.1, 0.15) is 5.76 Å². The Bertz CT molecular complexity index is 298. The smallest absolute Gasteiger partial charge is 0.545 e. The first kappa shape index (κ1) is 13.1. The number of aromatic carboxylic acids is 1. The summed E-state index contributed by atoms with van der Waals surface area (Å²) in [6.07, 6.45) is 0. The van der Waals surface area contributed by atoms with E-state index in [1.54, 1.807) is 0 Å². The zero-order valence-corrected chi connectivity index (χ0v) is 11.0. The van der Waals surface area contributed by atoms with E-state index in [2.05, 4.69) is 15.0 Å². The van der Waals surface area contributed by atoms with Crippen LogP contribution in [0.1, 0.15) is 23.0 Å². The van der Waals surface area contributed by atoms with Crippen molar-refractivity contribution >= 4 is 11.8 Å². The van der Waals surface area contributed by atoms with Crippen LogP contribution < -0.4 is 61.8 Å². The number of carbonyl (C=O) groups excluding carboxylic acids is 1. The Kier molecular flexibility index (Phi) is 5.82. The van der Waals surface area contributed by atoms with Gasteiger partial charge in [0.25, 0.3) is 0 Å². The molecule has 0 unspecified atom stereocenters. The number of carbonyl (C=O) groups is 1. The molecule has 0 radical (unpaired) electrons. The minimum atomic E-state index is -1.27. The average molecular weight is 208 g/mol. The van der Waals surface area contributed by atoms with Crippen molar-refractivity contribution in [3.05, 3.63) is 11.3 Å². The molecule has 0 amide bonds. The van der Waals surface area contributed by atoms with E-state index in [9.17, 15) is 9.90 Å². The van der Waals surface area contributed by atoms with E-state index in [4.69, 9.17) is 0 Å². The van der Waals surface area contributed by atoms with Crippen LogP contribution in [0.25, 0.3) is 0 Å². The molecule has 1 aromatic heterocycles. The largest absolute Gasteiger partial charge is 1.00 e. The molecule has 0 saturated heterocycles. The molecule has 0 aliphatic carbocycles. The second kappa shape index (κ2) is 5.76. The number of carboxylic acids is 1. The van der Waals surface area contributed by atoms with Gasteiger partial charge in [0.05, 0.1) is 11.5 Å². The van der Waals surface area contributed by atoms with Crippen molar-refractivity contribution in [2.24, 2.45) is 0 Å². The van der Waals surface area contributed by atoms with Crippen molar-refractivity contribution in [1.29, 1.82) is 0 Å². The van der Waals surface area contributed by atoms with Gasteiger partial charge in [-0.05, 0) is 13.8 Å². The summed E-state index contributed by atoms with van der Waals surface area (Å²) < 4.78 is 4.68. The van der Waals surface area contributed by atoms with Crippen molar-refractivity contribution in [1.82, 2.24) is 5.16 Å². The van der Waals surface area contributed by atoms with Crippen molar-refractivity contribution < 1.29 is 65.8 Å². The molecule has 6 heteroatoms. The van der Waals surface area contributed by atoms with Gasteiger partial charge >= 0.3 is 51.4 Å². The van der Waals surface area contributed by atoms with E-state index in [1.807, 2.05) is 6.92 Å². The number of nitrogens with one attached hydrogen (secondary N) is 1. The fourth-order valence-electron chi connectivity index (χ4n) is 0.901.